The summed E-state index contributed by atoms with van der Waals surface area (Å²) in [6.45, 7) is 4.87. The minimum atomic E-state index is -3.39. The Hall–Kier alpha value is -1.44. The number of hydrogen-bond acceptors (Lipinski definition) is 3. The molecule has 25 heavy (non-hydrogen) atoms. The first-order valence-electron chi connectivity index (χ1n) is 8.80. The van der Waals surface area contributed by atoms with Crippen LogP contribution in [0.5, 0.6) is 0 Å². The normalized spacial score (nSPS) is 18.3. The first-order valence-corrected chi connectivity index (χ1v) is 10.2. The summed E-state index contributed by atoms with van der Waals surface area (Å²) in [7, 11) is -0.330. The molecule has 0 bridgehead atoms. The minimum Gasteiger partial charge on any atom is -0.349 e. The molecule has 2 rings (SSSR count). The third kappa shape index (κ3) is 4.80. The van der Waals surface area contributed by atoms with E-state index in [0.29, 0.717) is 25.9 Å². The monoisotopic (exact) mass is 367 g/mol. The maximum atomic E-state index is 12.6. The van der Waals surface area contributed by atoms with E-state index in [4.69, 9.17) is 0 Å². The van der Waals surface area contributed by atoms with E-state index in [0.717, 1.165) is 12.0 Å². The molecule has 1 fully saturated rings. The van der Waals surface area contributed by atoms with Gasteiger partial charge >= 0.3 is 0 Å². The van der Waals surface area contributed by atoms with Crippen molar-refractivity contribution in [1.82, 2.24) is 13.9 Å². The van der Waals surface area contributed by atoms with Crippen molar-refractivity contribution in [3.63, 3.8) is 0 Å². The second-order valence-electron chi connectivity index (χ2n) is 6.84. The Balaban J connectivity index is 1.94. The predicted octanol–water partition coefficient (Wildman–Crippen LogP) is 2.08. The van der Waals surface area contributed by atoms with E-state index < -0.39 is 10.2 Å². The van der Waals surface area contributed by atoms with Gasteiger partial charge in [-0.2, -0.15) is 17.0 Å². The number of benzene rings is 1. The van der Waals surface area contributed by atoms with Crippen LogP contribution in [0.2, 0.25) is 0 Å². The molecular formula is C18H29N3O3S. The topological polar surface area (TPSA) is 69.7 Å². The third-order valence-corrected chi connectivity index (χ3v) is 6.76. The molecule has 1 aliphatic heterocycles. The maximum Gasteiger partial charge on any atom is 0.281 e. The zero-order chi connectivity index (χ0) is 18.6. The van der Waals surface area contributed by atoms with Crippen LogP contribution in [-0.4, -0.2) is 50.1 Å². The molecule has 7 heteroatoms. The first kappa shape index (κ1) is 19.9. The van der Waals surface area contributed by atoms with Crippen LogP contribution in [0.3, 0.4) is 0 Å². The summed E-state index contributed by atoms with van der Waals surface area (Å²) in [5, 5.41) is 3.13. The lowest BCUT2D eigenvalue weighted by molar-refractivity contribution is -0.126. The average molecular weight is 368 g/mol. The van der Waals surface area contributed by atoms with Crippen molar-refractivity contribution in [3.05, 3.63) is 35.4 Å². The molecule has 0 aliphatic carbocycles. The number of amides is 1. The van der Waals surface area contributed by atoms with Gasteiger partial charge in [0.15, 0.2) is 0 Å². The Morgan fingerprint density at radius 1 is 1.24 bits per heavy atom. The molecular weight excluding hydrogens is 338 g/mol. The van der Waals surface area contributed by atoms with E-state index in [1.807, 2.05) is 6.92 Å². The molecule has 1 aliphatic rings. The van der Waals surface area contributed by atoms with Gasteiger partial charge in [-0.25, -0.2) is 0 Å². The Morgan fingerprint density at radius 3 is 2.28 bits per heavy atom. The Morgan fingerprint density at radius 2 is 1.80 bits per heavy atom. The van der Waals surface area contributed by atoms with Gasteiger partial charge in [0.25, 0.3) is 10.2 Å². The quantitative estimate of drug-likeness (QED) is 0.837. The lowest BCUT2D eigenvalue weighted by Crippen LogP contribution is -2.47. The highest BCUT2D eigenvalue weighted by Crippen LogP contribution is 2.23. The largest absolute Gasteiger partial charge is 0.349 e. The van der Waals surface area contributed by atoms with Gasteiger partial charge < -0.3 is 5.32 Å². The van der Waals surface area contributed by atoms with Crippen LogP contribution in [-0.2, 0) is 15.0 Å². The van der Waals surface area contributed by atoms with E-state index in [2.05, 4.69) is 36.5 Å². The molecule has 1 saturated heterocycles. The van der Waals surface area contributed by atoms with Crippen molar-refractivity contribution in [2.45, 2.75) is 39.2 Å². The number of nitrogens with zero attached hydrogens (tertiary/aromatic N) is 2. The van der Waals surface area contributed by atoms with Gasteiger partial charge in [0.2, 0.25) is 5.91 Å². The highest BCUT2D eigenvalue weighted by atomic mass is 32.2. The molecule has 140 valence electrons. The summed E-state index contributed by atoms with van der Waals surface area (Å²) >= 11 is 0. The molecule has 1 atom stereocenters. The summed E-state index contributed by atoms with van der Waals surface area (Å²) in [5.41, 5.74) is 2.30. The van der Waals surface area contributed by atoms with E-state index >= 15 is 0 Å². The van der Waals surface area contributed by atoms with Gasteiger partial charge in [-0.15, -0.1) is 0 Å². The van der Waals surface area contributed by atoms with Crippen molar-refractivity contribution in [2.75, 3.05) is 27.2 Å². The number of carbonyl (C=O) groups excluding carboxylic acids is 1. The van der Waals surface area contributed by atoms with Gasteiger partial charge in [-0.05, 0) is 31.7 Å². The van der Waals surface area contributed by atoms with Crippen molar-refractivity contribution < 1.29 is 13.2 Å². The summed E-state index contributed by atoms with van der Waals surface area (Å²) < 4.78 is 27.0. The minimum absolute atomic E-state index is 0.00311. The summed E-state index contributed by atoms with van der Waals surface area (Å²) in [6.07, 6.45) is 1.94. The van der Waals surface area contributed by atoms with E-state index in [1.54, 1.807) is 0 Å². The number of hydrogen-bond donors (Lipinski definition) is 1. The molecule has 0 aromatic heterocycles. The molecule has 1 N–H and O–H groups in total. The van der Waals surface area contributed by atoms with Crippen molar-refractivity contribution in [2.24, 2.45) is 5.92 Å². The Bertz CT molecular complexity index is 678. The predicted molar refractivity (Wildman–Crippen MR) is 99.3 cm³/mol. The fourth-order valence-electron chi connectivity index (χ4n) is 3.09. The van der Waals surface area contributed by atoms with Gasteiger partial charge in [-0.3, -0.25) is 4.79 Å². The van der Waals surface area contributed by atoms with E-state index in [-0.39, 0.29) is 17.9 Å². The molecule has 6 nitrogen and oxygen atoms in total. The van der Waals surface area contributed by atoms with Gasteiger partial charge in [-0.1, -0.05) is 36.8 Å². The zero-order valence-electron chi connectivity index (χ0n) is 15.5. The lowest BCUT2D eigenvalue weighted by Gasteiger charge is -2.32. The van der Waals surface area contributed by atoms with Crippen LogP contribution in [0.4, 0.5) is 0 Å². The van der Waals surface area contributed by atoms with Gasteiger partial charge in [0, 0.05) is 33.1 Å². The number of nitrogens with one attached hydrogen (secondary N) is 1. The number of carbonyl (C=O) groups is 1. The van der Waals surface area contributed by atoms with Crippen molar-refractivity contribution in [1.29, 1.82) is 0 Å². The van der Waals surface area contributed by atoms with Gasteiger partial charge in [0.1, 0.15) is 0 Å². The SMILES string of the molecule is CCC(NC(=O)C1CCN(S(=O)(=O)N(C)C)CC1)c1ccc(C)cc1. The second kappa shape index (κ2) is 8.29. The number of aryl methyl sites for hydroxylation is 1. The van der Waals surface area contributed by atoms with Crippen LogP contribution in [0.1, 0.15) is 43.4 Å². The van der Waals surface area contributed by atoms with Crippen molar-refractivity contribution >= 4 is 16.1 Å². The van der Waals surface area contributed by atoms with Crippen LogP contribution in [0.15, 0.2) is 24.3 Å². The highest BCUT2D eigenvalue weighted by Gasteiger charge is 2.32. The zero-order valence-corrected chi connectivity index (χ0v) is 16.3. The van der Waals surface area contributed by atoms with Crippen LogP contribution >= 0.6 is 0 Å². The van der Waals surface area contributed by atoms with Crippen LogP contribution < -0.4 is 5.32 Å². The molecule has 1 unspecified atom stereocenters. The highest BCUT2D eigenvalue weighted by molar-refractivity contribution is 7.86. The Kier molecular flexibility index (Phi) is 6.59. The van der Waals surface area contributed by atoms with Crippen LogP contribution in [0.25, 0.3) is 0 Å². The summed E-state index contributed by atoms with van der Waals surface area (Å²) in [6, 6.07) is 8.20. The number of rotatable bonds is 6. The third-order valence-electron chi connectivity index (χ3n) is 4.82. The molecule has 0 saturated carbocycles. The molecule has 1 aromatic carbocycles. The molecule has 0 spiro atoms. The maximum absolute atomic E-state index is 12.6. The molecule has 1 amide bonds. The molecule has 1 aromatic rings. The standard InChI is InChI=1S/C18H29N3O3S/c1-5-17(15-8-6-14(2)7-9-15)19-18(22)16-10-12-21(13-11-16)25(23,24)20(3)4/h6-9,16-17H,5,10-13H2,1-4H3,(H,19,22). The van der Waals surface area contributed by atoms with E-state index in [9.17, 15) is 13.2 Å². The summed E-state index contributed by atoms with van der Waals surface area (Å²) in [5.74, 6) is -0.109. The smallest absolute Gasteiger partial charge is 0.281 e. The average Bonchev–Trinajstić information content (AvgIpc) is 2.60. The molecule has 0 radical (unpaired) electrons. The Labute approximate surface area is 151 Å². The number of piperidine rings is 1. The second-order valence-corrected chi connectivity index (χ2v) is 8.99. The van der Waals surface area contributed by atoms with Crippen LogP contribution in [0, 0.1) is 12.8 Å². The fourth-order valence-corrected chi connectivity index (χ4v) is 4.22. The van der Waals surface area contributed by atoms with Gasteiger partial charge in [0.05, 0.1) is 6.04 Å². The fraction of sp³-hybridized carbons (Fsp3) is 0.611. The first-order chi connectivity index (χ1) is 11.8. The van der Waals surface area contributed by atoms with E-state index in [1.165, 1.54) is 28.3 Å². The lowest BCUT2D eigenvalue weighted by atomic mass is 9.95. The molecule has 1 heterocycles. The summed E-state index contributed by atoms with van der Waals surface area (Å²) in [4.78, 5) is 12.6. The van der Waals surface area contributed by atoms with Crippen molar-refractivity contribution in [3.8, 4) is 0 Å².